The molecule has 2 N–H and O–H groups in total. The molecule has 0 spiro atoms. The van der Waals surface area contributed by atoms with E-state index in [0.717, 1.165) is 12.2 Å². The lowest BCUT2D eigenvalue weighted by Crippen LogP contribution is -2.08. The van der Waals surface area contributed by atoms with Gasteiger partial charge >= 0.3 is 0 Å². The summed E-state index contributed by atoms with van der Waals surface area (Å²) in [4.78, 5) is 0. The largest absolute Gasteiger partial charge is 0.468 e. The summed E-state index contributed by atoms with van der Waals surface area (Å²) < 4.78 is 5.25. The van der Waals surface area contributed by atoms with Crippen LogP contribution in [0.25, 0.3) is 0 Å². The van der Waals surface area contributed by atoms with Crippen LogP contribution in [0.3, 0.4) is 0 Å². The second kappa shape index (κ2) is 8.81. The zero-order chi connectivity index (χ0) is 10.2. The van der Waals surface area contributed by atoms with Crippen LogP contribution in [0.15, 0.2) is 22.8 Å². The zero-order valence-electron chi connectivity index (χ0n) is 9.45. The van der Waals surface area contributed by atoms with Crippen LogP contribution < -0.4 is 5.73 Å². The molecule has 0 fully saturated rings. The van der Waals surface area contributed by atoms with Crippen molar-refractivity contribution in [2.75, 3.05) is 0 Å². The average molecular weight is 232 g/mol. The Labute approximate surface area is 98.6 Å². The molecule has 3 heteroatoms. The standard InChI is InChI=1S/C12H21NO.ClH/c1-2-3-4-5-6-8-11(13)12-9-7-10-14-12;/h7,9-11H,2-6,8,13H2,1H3;1H. The highest BCUT2D eigenvalue weighted by atomic mass is 35.5. The Morgan fingerprint density at radius 1 is 1.27 bits per heavy atom. The molecule has 2 nitrogen and oxygen atoms in total. The van der Waals surface area contributed by atoms with Crippen LogP contribution in [0.5, 0.6) is 0 Å². The topological polar surface area (TPSA) is 39.2 Å². The van der Waals surface area contributed by atoms with Crippen LogP contribution in [0, 0.1) is 0 Å². The fourth-order valence-electron chi connectivity index (χ4n) is 1.61. The lowest BCUT2D eigenvalue weighted by atomic mass is 10.1. The maximum atomic E-state index is 5.96. The van der Waals surface area contributed by atoms with Crippen molar-refractivity contribution in [3.63, 3.8) is 0 Å². The van der Waals surface area contributed by atoms with Gasteiger partial charge in [-0.1, -0.05) is 39.0 Å². The number of furan rings is 1. The molecule has 0 saturated heterocycles. The Morgan fingerprint density at radius 2 is 2.00 bits per heavy atom. The summed E-state index contributed by atoms with van der Waals surface area (Å²) >= 11 is 0. The van der Waals surface area contributed by atoms with E-state index in [1.807, 2.05) is 12.1 Å². The molecular weight excluding hydrogens is 210 g/mol. The predicted octanol–water partition coefficient (Wildman–Crippen LogP) is 4.06. The van der Waals surface area contributed by atoms with Crippen molar-refractivity contribution in [1.29, 1.82) is 0 Å². The minimum Gasteiger partial charge on any atom is -0.468 e. The van der Waals surface area contributed by atoms with Gasteiger partial charge in [-0.05, 0) is 18.6 Å². The number of nitrogens with two attached hydrogens (primary N) is 1. The van der Waals surface area contributed by atoms with Crippen molar-refractivity contribution >= 4 is 12.4 Å². The Balaban J connectivity index is 0.00000196. The fraction of sp³-hybridized carbons (Fsp3) is 0.667. The highest BCUT2D eigenvalue weighted by Crippen LogP contribution is 2.17. The first-order chi connectivity index (χ1) is 6.84. The third kappa shape index (κ3) is 5.85. The van der Waals surface area contributed by atoms with E-state index in [-0.39, 0.29) is 18.4 Å². The minimum atomic E-state index is 0. The highest BCUT2D eigenvalue weighted by molar-refractivity contribution is 5.85. The van der Waals surface area contributed by atoms with E-state index in [1.54, 1.807) is 6.26 Å². The van der Waals surface area contributed by atoms with Gasteiger partial charge in [-0.15, -0.1) is 12.4 Å². The van der Waals surface area contributed by atoms with Crippen molar-refractivity contribution in [3.05, 3.63) is 24.2 Å². The first-order valence-corrected chi connectivity index (χ1v) is 5.63. The summed E-state index contributed by atoms with van der Waals surface area (Å²) in [6.07, 6.45) is 9.20. The molecule has 1 aromatic rings. The lowest BCUT2D eigenvalue weighted by Gasteiger charge is -2.07. The molecule has 0 amide bonds. The van der Waals surface area contributed by atoms with E-state index in [0.29, 0.717) is 0 Å². The molecule has 0 aliphatic rings. The van der Waals surface area contributed by atoms with E-state index in [9.17, 15) is 0 Å². The van der Waals surface area contributed by atoms with Gasteiger partial charge in [-0.3, -0.25) is 0 Å². The number of rotatable bonds is 7. The lowest BCUT2D eigenvalue weighted by molar-refractivity contribution is 0.439. The molecule has 1 aromatic heterocycles. The summed E-state index contributed by atoms with van der Waals surface area (Å²) in [7, 11) is 0. The van der Waals surface area contributed by atoms with Crippen LogP contribution in [0.4, 0.5) is 0 Å². The minimum absolute atomic E-state index is 0. The molecular formula is C12H22ClNO. The Kier molecular flexibility index (Phi) is 8.53. The third-order valence-corrected chi connectivity index (χ3v) is 2.53. The zero-order valence-corrected chi connectivity index (χ0v) is 10.3. The maximum absolute atomic E-state index is 5.96. The van der Waals surface area contributed by atoms with Crippen LogP contribution in [-0.2, 0) is 0 Å². The molecule has 15 heavy (non-hydrogen) atoms. The summed E-state index contributed by atoms with van der Waals surface area (Å²) in [5, 5.41) is 0. The Hall–Kier alpha value is -0.470. The number of halogens is 1. The number of hydrogen-bond donors (Lipinski definition) is 1. The third-order valence-electron chi connectivity index (χ3n) is 2.53. The van der Waals surface area contributed by atoms with Crippen molar-refractivity contribution in [3.8, 4) is 0 Å². The molecule has 1 heterocycles. The molecule has 0 bridgehead atoms. The summed E-state index contributed by atoms with van der Waals surface area (Å²) in [6.45, 7) is 2.23. The van der Waals surface area contributed by atoms with E-state index < -0.39 is 0 Å². The first kappa shape index (κ1) is 14.5. The van der Waals surface area contributed by atoms with Gasteiger partial charge in [0, 0.05) is 0 Å². The normalized spacial score (nSPS) is 12.1. The Bertz CT molecular complexity index is 224. The smallest absolute Gasteiger partial charge is 0.120 e. The quantitative estimate of drug-likeness (QED) is 0.719. The molecule has 0 aliphatic heterocycles. The molecule has 1 unspecified atom stereocenters. The van der Waals surface area contributed by atoms with Gasteiger partial charge < -0.3 is 10.2 Å². The van der Waals surface area contributed by atoms with Crippen molar-refractivity contribution in [2.45, 2.75) is 51.5 Å². The SMILES string of the molecule is CCCCCCCC(N)c1ccco1.Cl. The predicted molar refractivity (Wildman–Crippen MR) is 66.3 cm³/mol. The van der Waals surface area contributed by atoms with Gasteiger partial charge in [0.15, 0.2) is 0 Å². The van der Waals surface area contributed by atoms with Gasteiger partial charge in [-0.2, -0.15) is 0 Å². The van der Waals surface area contributed by atoms with Crippen LogP contribution in [0.1, 0.15) is 57.3 Å². The highest BCUT2D eigenvalue weighted by Gasteiger charge is 2.07. The second-order valence-corrected chi connectivity index (χ2v) is 3.82. The monoisotopic (exact) mass is 231 g/mol. The van der Waals surface area contributed by atoms with Crippen molar-refractivity contribution < 1.29 is 4.42 Å². The molecule has 88 valence electrons. The van der Waals surface area contributed by atoms with Gasteiger partial charge in [0.2, 0.25) is 0 Å². The Morgan fingerprint density at radius 3 is 2.60 bits per heavy atom. The molecule has 1 rings (SSSR count). The molecule has 0 saturated carbocycles. The average Bonchev–Trinajstić information content (AvgIpc) is 2.70. The number of hydrogen-bond acceptors (Lipinski definition) is 2. The van der Waals surface area contributed by atoms with E-state index in [1.165, 1.54) is 32.1 Å². The molecule has 0 radical (unpaired) electrons. The van der Waals surface area contributed by atoms with Crippen molar-refractivity contribution in [2.24, 2.45) is 5.73 Å². The second-order valence-electron chi connectivity index (χ2n) is 3.82. The summed E-state index contributed by atoms with van der Waals surface area (Å²) in [6, 6.07) is 3.94. The fourth-order valence-corrected chi connectivity index (χ4v) is 1.61. The van der Waals surface area contributed by atoms with Gasteiger partial charge in [0.25, 0.3) is 0 Å². The van der Waals surface area contributed by atoms with Crippen molar-refractivity contribution in [1.82, 2.24) is 0 Å². The molecule has 0 aliphatic carbocycles. The molecule has 0 aromatic carbocycles. The van der Waals surface area contributed by atoms with E-state index in [4.69, 9.17) is 10.2 Å². The van der Waals surface area contributed by atoms with Gasteiger partial charge in [-0.25, -0.2) is 0 Å². The maximum Gasteiger partial charge on any atom is 0.120 e. The van der Waals surface area contributed by atoms with Crippen LogP contribution >= 0.6 is 12.4 Å². The number of unbranched alkanes of at least 4 members (excludes halogenated alkanes) is 4. The molecule has 1 atom stereocenters. The van der Waals surface area contributed by atoms with Gasteiger partial charge in [0.1, 0.15) is 5.76 Å². The first-order valence-electron chi connectivity index (χ1n) is 5.63. The van der Waals surface area contributed by atoms with Gasteiger partial charge in [0.05, 0.1) is 12.3 Å². The van der Waals surface area contributed by atoms with Crippen LogP contribution in [-0.4, -0.2) is 0 Å². The summed E-state index contributed by atoms with van der Waals surface area (Å²) in [5.74, 6) is 0.917. The van der Waals surface area contributed by atoms with E-state index >= 15 is 0 Å². The van der Waals surface area contributed by atoms with Crippen LogP contribution in [0.2, 0.25) is 0 Å². The summed E-state index contributed by atoms with van der Waals surface area (Å²) in [5.41, 5.74) is 5.96. The van der Waals surface area contributed by atoms with E-state index in [2.05, 4.69) is 6.92 Å².